The van der Waals surface area contributed by atoms with Crippen LogP contribution in [0.1, 0.15) is 32.3 Å². The predicted molar refractivity (Wildman–Crippen MR) is 111 cm³/mol. The standard InChI is InChI=1S/C21H27NO5S2/c1-16(2)22(18-11-13-27-14-12-18)29(25,26)20-9-6-8-19(15-20)28(23,24)21-10-5-4-7-17(21)3/h4-10,15-16,18H,11-14H2,1-3H3. The first-order valence-electron chi connectivity index (χ1n) is 9.68. The summed E-state index contributed by atoms with van der Waals surface area (Å²) in [5.74, 6) is 0. The molecule has 0 N–H and O–H groups in total. The van der Waals surface area contributed by atoms with Crippen molar-refractivity contribution in [2.75, 3.05) is 13.2 Å². The maximum Gasteiger partial charge on any atom is 0.243 e. The topological polar surface area (TPSA) is 80.8 Å². The van der Waals surface area contributed by atoms with Gasteiger partial charge < -0.3 is 4.74 Å². The third-order valence-corrected chi connectivity index (χ3v) is 9.17. The van der Waals surface area contributed by atoms with Crippen molar-refractivity contribution >= 4 is 19.9 Å². The molecule has 158 valence electrons. The highest BCUT2D eigenvalue weighted by molar-refractivity contribution is 7.91. The molecule has 0 aliphatic carbocycles. The van der Waals surface area contributed by atoms with Crippen LogP contribution < -0.4 is 0 Å². The Bertz CT molecular complexity index is 1070. The van der Waals surface area contributed by atoms with E-state index in [9.17, 15) is 16.8 Å². The minimum absolute atomic E-state index is 0.00708. The number of hydrogen-bond donors (Lipinski definition) is 0. The average Bonchev–Trinajstić information content (AvgIpc) is 2.68. The number of ether oxygens (including phenoxy) is 1. The number of nitrogens with zero attached hydrogens (tertiary/aromatic N) is 1. The van der Waals surface area contributed by atoms with Gasteiger partial charge in [-0.15, -0.1) is 0 Å². The molecule has 6 nitrogen and oxygen atoms in total. The lowest BCUT2D eigenvalue weighted by Gasteiger charge is -2.36. The van der Waals surface area contributed by atoms with E-state index in [2.05, 4.69) is 0 Å². The molecule has 0 spiro atoms. The van der Waals surface area contributed by atoms with Crippen molar-refractivity contribution in [2.24, 2.45) is 0 Å². The van der Waals surface area contributed by atoms with E-state index in [4.69, 9.17) is 4.74 Å². The van der Waals surface area contributed by atoms with Crippen molar-refractivity contribution in [1.82, 2.24) is 4.31 Å². The van der Waals surface area contributed by atoms with Gasteiger partial charge in [0.25, 0.3) is 0 Å². The van der Waals surface area contributed by atoms with Gasteiger partial charge in [0.15, 0.2) is 0 Å². The number of benzene rings is 2. The lowest BCUT2D eigenvalue weighted by Crippen LogP contribution is -2.47. The first-order valence-corrected chi connectivity index (χ1v) is 12.6. The largest absolute Gasteiger partial charge is 0.381 e. The highest BCUT2D eigenvalue weighted by Gasteiger charge is 2.35. The molecule has 0 amide bonds. The molecule has 0 bridgehead atoms. The van der Waals surface area contributed by atoms with Crippen molar-refractivity contribution in [2.45, 2.75) is 60.4 Å². The van der Waals surface area contributed by atoms with Gasteiger partial charge in [-0.2, -0.15) is 4.31 Å². The average molecular weight is 438 g/mol. The minimum atomic E-state index is -3.86. The van der Waals surface area contributed by atoms with Gasteiger partial charge in [-0.1, -0.05) is 24.3 Å². The lowest BCUT2D eigenvalue weighted by atomic mass is 10.1. The van der Waals surface area contributed by atoms with Crippen LogP contribution in [0.15, 0.2) is 63.2 Å². The molecule has 0 saturated carbocycles. The molecule has 0 aromatic heterocycles. The lowest BCUT2D eigenvalue weighted by molar-refractivity contribution is 0.0526. The molecular weight excluding hydrogens is 410 g/mol. The molecule has 1 saturated heterocycles. The summed E-state index contributed by atoms with van der Waals surface area (Å²) in [4.78, 5) is 0.149. The van der Waals surface area contributed by atoms with E-state index in [0.717, 1.165) is 0 Å². The second kappa shape index (κ2) is 8.55. The van der Waals surface area contributed by atoms with Gasteiger partial charge in [-0.25, -0.2) is 16.8 Å². The summed E-state index contributed by atoms with van der Waals surface area (Å²) in [5.41, 5.74) is 0.617. The Morgan fingerprint density at radius 1 is 0.931 bits per heavy atom. The molecule has 3 rings (SSSR count). The van der Waals surface area contributed by atoms with Crippen molar-refractivity contribution < 1.29 is 21.6 Å². The fourth-order valence-corrected chi connectivity index (χ4v) is 7.29. The van der Waals surface area contributed by atoms with E-state index < -0.39 is 19.9 Å². The quantitative estimate of drug-likeness (QED) is 0.692. The summed E-state index contributed by atoms with van der Waals surface area (Å²) >= 11 is 0. The van der Waals surface area contributed by atoms with Crippen LogP contribution in [0.3, 0.4) is 0 Å². The number of aryl methyl sites for hydroxylation is 1. The van der Waals surface area contributed by atoms with E-state index >= 15 is 0 Å². The summed E-state index contributed by atoms with van der Waals surface area (Å²) in [5, 5.41) is 0. The SMILES string of the molecule is Cc1ccccc1S(=O)(=O)c1cccc(S(=O)(=O)N(C(C)C)C2CCOCC2)c1. The van der Waals surface area contributed by atoms with Gasteiger partial charge in [0.2, 0.25) is 19.9 Å². The third kappa shape index (κ3) is 4.40. The molecule has 2 aromatic rings. The van der Waals surface area contributed by atoms with Crippen LogP contribution in [-0.2, 0) is 24.6 Å². The molecule has 29 heavy (non-hydrogen) atoms. The molecular formula is C21H27NO5S2. The normalized spacial score (nSPS) is 16.4. The van der Waals surface area contributed by atoms with E-state index in [1.165, 1.54) is 34.6 Å². The van der Waals surface area contributed by atoms with Gasteiger partial charge >= 0.3 is 0 Å². The Hall–Kier alpha value is -1.74. The highest BCUT2D eigenvalue weighted by Crippen LogP contribution is 2.29. The second-order valence-electron chi connectivity index (χ2n) is 7.52. The Kier molecular flexibility index (Phi) is 6.48. The Morgan fingerprint density at radius 2 is 1.55 bits per heavy atom. The van der Waals surface area contributed by atoms with E-state index in [0.29, 0.717) is 31.6 Å². The van der Waals surface area contributed by atoms with Gasteiger partial charge in [-0.05, 0) is 63.4 Å². The van der Waals surface area contributed by atoms with Crippen molar-refractivity contribution in [1.29, 1.82) is 0 Å². The Balaban J connectivity index is 2.05. The number of hydrogen-bond acceptors (Lipinski definition) is 5. The second-order valence-corrected chi connectivity index (χ2v) is 11.3. The maximum atomic E-state index is 13.4. The summed E-state index contributed by atoms with van der Waals surface area (Å²) in [7, 11) is -7.69. The van der Waals surface area contributed by atoms with Gasteiger partial charge in [0, 0.05) is 25.3 Å². The fraction of sp³-hybridized carbons (Fsp3) is 0.429. The van der Waals surface area contributed by atoms with E-state index in [1.54, 1.807) is 25.1 Å². The summed E-state index contributed by atoms with van der Waals surface area (Å²) in [6, 6.07) is 11.9. The number of rotatable bonds is 6. The maximum absolute atomic E-state index is 13.4. The summed E-state index contributed by atoms with van der Waals surface area (Å²) < 4.78 is 60.0. The zero-order chi connectivity index (χ0) is 21.2. The molecule has 0 atom stereocenters. The molecule has 0 radical (unpaired) electrons. The van der Waals surface area contributed by atoms with Crippen LogP contribution in [0.5, 0.6) is 0 Å². The van der Waals surface area contributed by atoms with Crippen LogP contribution in [0.25, 0.3) is 0 Å². The van der Waals surface area contributed by atoms with Crippen LogP contribution in [0.2, 0.25) is 0 Å². The minimum Gasteiger partial charge on any atom is -0.381 e. The van der Waals surface area contributed by atoms with Crippen LogP contribution in [0, 0.1) is 6.92 Å². The first-order chi connectivity index (χ1) is 13.7. The molecule has 1 fully saturated rings. The molecule has 0 unspecified atom stereocenters. The predicted octanol–water partition coefficient (Wildman–Crippen LogP) is 3.41. The van der Waals surface area contributed by atoms with Crippen molar-refractivity contribution in [3.8, 4) is 0 Å². The number of sulfonamides is 1. The Morgan fingerprint density at radius 3 is 2.17 bits per heavy atom. The molecule has 1 aliphatic heterocycles. The molecule has 2 aromatic carbocycles. The molecule has 1 aliphatic rings. The third-order valence-electron chi connectivity index (χ3n) is 5.13. The zero-order valence-corrected chi connectivity index (χ0v) is 18.5. The Labute approximate surface area is 173 Å². The highest BCUT2D eigenvalue weighted by atomic mass is 32.2. The summed E-state index contributed by atoms with van der Waals surface area (Å²) in [6.07, 6.45) is 1.25. The summed E-state index contributed by atoms with van der Waals surface area (Å²) in [6.45, 7) is 6.43. The smallest absolute Gasteiger partial charge is 0.243 e. The van der Waals surface area contributed by atoms with Crippen LogP contribution >= 0.6 is 0 Å². The molecule has 8 heteroatoms. The van der Waals surface area contributed by atoms with Crippen molar-refractivity contribution in [3.05, 3.63) is 54.1 Å². The van der Waals surface area contributed by atoms with Crippen LogP contribution in [0.4, 0.5) is 0 Å². The van der Waals surface area contributed by atoms with Gasteiger partial charge in [0.05, 0.1) is 14.7 Å². The van der Waals surface area contributed by atoms with E-state index in [-0.39, 0.29) is 26.8 Å². The van der Waals surface area contributed by atoms with Crippen LogP contribution in [-0.4, -0.2) is 46.4 Å². The first kappa shape index (κ1) is 22.0. The van der Waals surface area contributed by atoms with E-state index in [1.807, 2.05) is 13.8 Å². The zero-order valence-electron chi connectivity index (χ0n) is 16.9. The number of sulfone groups is 1. The fourth-order valence-electron chi connectivity index (χ4n) is 3.74. The van der Waals surface area contributed by atoms with Crippen molar-refractivity contribution in [3.63, 3.8) is 0 Å². The monoisotopic (exact) mass is 437 g/mol. The van der Waals surface area contributed by atoms with Gasteiger partial charge in [-0.3, -0.25) is 0 Å². The molecule has 1 heterocycles. The van der Waals surface area contributed by atoms with Gasteiger partial charge in [0.1, 0.15) is 0 Å².